The van der Waals surface area contributed by atoms with Crippen molar-refractivity contribution in [1.82, 2.24) is 9.97 Å². The van der Waals surface area contributed by atoms with Crippen molar-refractivity contribution >= 4 is 16.7 Å². The first kappa shape index (κ1) is 14.0. The van der Waals surface area contributed by atoms with Crippen LogP contribution >= 0.6 is 0 Å². The van der Waals surface area contributed by atoms with E-state index in [9.17, 15) is 4.79 Å². The smallest absolute Gasteiger partial charge is 0.337 e. The highest BCUT2D eigenvalue weighted by Gasteiger charge is 2.13. The Balaban J connectivity index is 2.30. The highest BCUT2D eigenvalue weighted by molar-refractivity contribution is 6.03. The molecular weight excluding hydrogens is 280 g/mol. The van der Waals surface area contributed by atoms with E-state index in [0.717, 1.165) is 27.6 Å². The third-order valence-corrected chi connectivity index (χ3v) is 3.45. The van der Waals surface area contributed by atoms with Crippen molar-refractivity contribution in [2.45, 2.75) is 0 Å². The van der Waals surface area contributed by atoms with Crippen LogP contribution in [0.4, 0.5) is 0 Å². The van der Waals surface area contributed by atoms with Crippen LogP contribution in [0.2, 0.25) is 0 Å². The van der Waals surface area contributed by atoms with Crippen LogP contribution < -0.4 is 4.74 Å². The van der Waals surface area contributed by atoms with Crippen molar-refractivity contribution in [3.63, 3.8) is 0 Å². The Bertz CT molecular complexity index is 832. The second-order valence-corrected chi connectivity index (χ2v) is 4.73. The minimum Gasteiger partial charge on any atom is -0.497 e. The molecule has 0 unspecified atom stereocenters. The number of carbonyl (C=O) groups is 1. The van der Waals surface area contributed by atoms with Crippen LogP contribution in [-0.4, -0.2) is 30.2 Å². The second kappa shape index (κ2) is 5.81. The molecule has 5 heteroatoms. The molecule has 5 nitrogen and oxygen atoms in total. The largest absolute Gasteiger partial charge is 0.497 e. The molecule has 0 saturated heterocycles. The molecule has 1 heterocycles. The summed E-state index contributed by atoms with van der Waals surface area (Å²) in [4.78, 5) is 20.0. The molecule has 2 aromatic carbocycles. The average molecular weight is 294 g/mol. The van der Waals surface area contributed by atoms with Crippen LogP contribution in [0.15, 0.2) is 49.1 Å². The highest BCUT2D eigenvalue weighted by atomic mass is 16.5. The summed E-state index contributed by atoms with van der Waals surface area (Å²) in [5.41, 5.74) is 2.19. The van der Waals surface area contributed by atoms with E-state index in [-0.39, 0.29) is 5.97 Å². The van der Waals surface area contributed by atoms with E-state index in [2.05, 4.69) is 9.97 Å². The number of carbonyl (C=O) groups excluding carboxylic acids is 1. The SMILES string of the molecule is COC(=O)c1cc(-c2cncnc2)c2ccc(OC)cc2c1. The number of esters is 1. The lowest BCUT2D eigenvalue weighted by atomic mass is 9.97. The zero-order chi connectivity index (χ0) is 15.5. The van der Waals surface area contributed by atoms with Gasteiger partial charge in [0.15, 0.2) is 0 Å². The summed E-state index contributed by atoms with van der Waals surface area (Å²) in [6, 6.07) is 9.30. The van der Waals surface area contributed by atoms with E-state index < -0.39 is 0 Å². The van der Waals surface area contributed by atoms with Crippen LogP contribution in [0.25, 0.3) is 21.9 Å². The molecule has 0 fully saturated rings. The normalized spacial score (nSPS) is 10.5. The van der Waals surface area contributed by atoms with E-state index >= 15 is 0 Å². The first-order valence-electron chi connectivity index (χ1n) is 6.68. The van der Waals surface area contributed by atoms with Crippen molar-refractivity contribution in [1.29, 1.82) is 0 Å². The van der Waals surface area contributed by atoms with E-state index in [1.165, 1.54) is 13.4 Å². The van der Waals surface area contributed by atoms with Gasteiger partial charge in [-0.05, 0) is 40.6 Å². The van der Waals surface area contributed by atoms with Crippen LogP contribution in [0, 0.1) is 0 Å². The van der Waals surface area contributed by atoms with Crippen molar-refractivity contribution in [3.05, 3.63) is 54.6 Å². The molecule has 3 rings (SSSR count). The van der Waals surface area contributed by atoms with E-state index in [4.69, 9.17) is 9.47 Å². The molecule has 1 aromatic heterocycles. The Morgan fingerprint density at radius 3 is 2.50 bits per heavy atom. The van der Waals surface area contributed by atoms with Crippen LogP contribution in [0.5, 0.6) is 5.75 Å². The topological polar surface area (TPSA) is 61.3 Å². The van der Waals surface area contributed by atoms with Gasteiger partial charge in [-0.25, -0.2) is 14.8 Å². The number of ether oxygens (including phenoxy) is 2. The van der Waals surface area contributed by atoms with Gasteiger partial charge in [0, 0.05) is 18.0 Å². The molecule has 3 aromatic rings. The van der Waals surface area contributed by atoms with Crippen LogP contribution in [0.1, 0.15) is 10.4 Å². The van der Waals surface area contributed by atoms with Gasteiger partial charge in [-0.1, -0.05) is 6.07 Å². The Hall–Kier alpha value is -2.95. The fourth-order valence-corrected chi connectivity index (χ4v) is 2.39. The molecule has 0 aliphatic heterocycles. The Morgan fingerprint density at radius 1 is 1.05 bits per heavy atom. The molecule has 22 heavy (non-hydrogen) atoms. The lowest BCUT2D eigenvalue weighted by molar-refractivity contribution is 0.0601. The van der Waals surface area contributed by atoms with E-state index in [1.807, 2.05) is 18.2 Å². The maximum absolute atomic E-state index is 11.9. The lowest BCUT2D eigenvalue weighted by Crippen LogP contribution is -2.02. The number of methoxy groups -OCH3 is 2. The molecule has 0 spiro atoms. The predicted molar refractivity (Wildman–Crippen MR) is 82.9 cm³/mol. The number of hydrogen-bond acceptors (Lipinski definition) is 5. The predicted octanol–water partition coefficient (Wildman–Crippen LogP) is 3.09. The number of rotatable bonds is 3. The summed E-state index contributed by atoms with van der Waals surface area (Å²) in [5, 5.41) is 1.88. The number of hydrogen-bond donors (Lipinski definition) is 0. The number of benzene rings is 2. The molecule has 0 aliphatic rings. The van der Waals surface area contributed by atoms with Crippen molar-refractivity contribution in [2.75, 3.05) is 14.2 Å². The van der Waals surface area contributed by atoms with E-state index in [1.54, 1.807) is 31.6 Å². The average Bonchev–Trinajstić information content (AvgIpc) is 2.60. The van der Waals surface area contributed by atoms with Crippen molar-refractivity contribution in [2.24, 2.45) is 0 Å². The maximum atomic E-state index is 11.9. The van der Waals surface area contributed by atoms with Gasteiger partial charge in [0.25, 0.3) is 0 Å². The van der Waals surface area contributed by atoms with Gasteiger partial charge < -0.3 is 9.47 Å². The standard InChI is InChI=1S/C17H14N2O3/c1-21-14-3-4-15-11(6-14)5-12(17(20)22-2)7-16(15)13-8-18-10-19-9-13/h3-10H,1-2H3. The van der Waals surface area contributed by atoms with Gasteiger partial charge in [-0.15, -0.1) is 0 Å². The maximum Gasteiger partial charge on any atom is 0.337 e. The summed E-state index contributed by atoms with van der Waals surface area (Å²) in [5.74, 6) is 0.340. The first-order valence-corrected chi connectivity index (χ1v) is 6.68. The molecule has 0 radical (unpaired) electrons. The van der Waals surface area contributed by atoms with Gasteiger partial charge >= 0.3 is 5.97 Å². The fourth-order valence-electron chi connectivity index (χ4n) is 2.39. The van der Waals surface area contributed by atoms with Crippen molar-refractivity contribution in [3.8, 4) is 16.9 Å². The van der Waals surface area contributed by atoms with Gasteiger partial charge in [0.05, 0.1) is 19.8 Å². The molecule has 0 atom stereocenters. The summed E-state index contributed by atoms with van der Waals surface area (Å²) in [6.45, 7) is 0. The van der Waals surface area contributed by atoms with Gasteiger partial charge in [-0.2, -0.15) is 0 Å². The molecule has 0 saturated carbocycles. The molecular formula is C17H14N2O3. The highest BCUT2D eigenvalue weighted by Crippen LogP contribution is 2.32. The van der Waals surface area contributed by atoms with Crippen LogP contribution in [-0.2, 0) is 4.74 Å². The Kier molecular flexibility index (Phi) is 3.70. The van der Waals surface area contributed by atoms with Crippen LogP contribution in [0.3, 0.4) is 0 Å². The van der Waals surface area contributed by atoms with Gasteiger partial charge in [-0.3, -0.25) is 0 Å². The second-order valence-electron chi connectivity index (χ2n) is 4.73. The molecule has 0 amide bonds. The molecule has 110 valence electrons. The minimum atomic E-state index is -0.386. The van der Waals surface area contributed by atoms with Crippen molar-refractivity contribution < 1.29 is 14.3 Å². The monoisotopic (exact) mass is 294 g/mol. The summed E-state index contributed by atoms with van der Waals surface area (Å²) in [6.07, 6.45) is 4.90. The Labute approximate surface area is 127 Å². The summed E-state index contributed by atoms with van der Waals surface area (Å²) < 4.78 is 10.1. The van der Waals surface area contributed by atoms with Gasteiger partial charge in [0.1, 0.15) is 12.1 Å². The molecule has 0 bridgehead atoms. The molecule has 0 N–H and O–H groups in total. The minimum absolute atomic E-state index is 0.386. The molecule has 0 aliphatic carbocycles. The number of nitrogens with zero attached hydrogens (tertiary/aromatic N) is 2. The summed E-state index contributed by atoms with van der Waals surface area (Å²) >= 11 is 0. The Morgan fingerprint density at radius 2 is 1.82 bits per heavy atom. The van der Waals surface area contributed by atoms with Gasteiger partial charge in [0.2, 0.25) is 0 Å². The first-order chi connectivity index (χ1) is 10.7. The van der Waals surface area contributed by atoms with E-state index in [0.29, 0.717) is 5.56 Å². The number of aromatic nitrogens is 2. The zero-order valence-corrected chi connectivity index (χ0v) is 12.2. The third-order valence-electron chi connectivity index (χ3n) is 3.45. The summed E-state index contributed by atoms with van der Waals surface area (Å²) in [7, 11) is 2.97. The lowest BCUT2D eigenvalue weighted by Gasteiger charge is -2.10. The third kappa shape index (κ3) is 2.48. The quantitative estimate of drug-likeness (QED) is 0.695. The fraction of sp³-hybridized carbons (Fsp3) is 0.118. The zero-order valence-electron chi connectivity index (χ0n) is 12.2. The number of fused-ring (bicyclic) bond motifs is 1.